The van der Waals surface area contributed by atoms with Crippen molar-refractivity contribution in [1.82, 2.24) is 4.90 Å². The molecule has 1 saturated heterocycles. The largest absolute Gasteiger partial charge is 0.481 e. The van der Waals surface area contributed by atoms with Crippen LogP contribution in [-0.4, -0.2) is 30.5 Å². The molecule has 0 N–H and O–H groups in total. The normalized spacial score (nSPS) is 20.3. The number of ether oxygens (including phenoxy) is 1. The van der Waals surface area contributed by atoms with Gasteiger partial charge < -0.3 is 9.64 Å². The Labute approximate surface area is 109 Å². The van der Waals surface area contributed by atoms with E-state index in [9.17, 15) is 4.79 Å². The highest BCUT2D eigenvalue weighted by Crippen LogP contribution is 2.25. The molecular formula is C15H21NO2. The third kappa shape index (κ3) is 2.66. The molecular weight excluding hydrogens is 226 g/mol. The Balaban J connectivity index is 2.05. The molecule has 1 unspecified atom stereocenters. The van der Waals surface area contributed by atoms with Gasteiger partial charge in [0.25, 0.3) is 5.91 Å². The molecule has 1 aliphatic heterocycles. The molecule has 0 aromatic heterocycles. The van der Waals surface area contributed by atoms with Crippen LogP contribution >= 0.6 is 0 Å². The maximum absolute atomic E-state index is 11.7. The van der Waals surface area contributed by atoms with Crippen molar-refractivity contribution in [2.45, 2.75) is 38.7 Å². The summed E-state index contributed by atoms with van der Waals surface area (Å²) in [6, 6.07) is 8.04. The first-order valence-electron chi connectivity index (χ1n) is 6.40. The minimum Gasteiger partial charge on any atom is -0.481 e. The van der Waals surface area contributed by atoms with Crippen molar-refractivity contribution < 1.29 is 9.53 Å². The average molecular weight is 247 g/mol. The lowest BCUT2D eigenvalue weighted by molar-refractivity contribution is -0.132. The number of hydrogen-bond acceptors (Lipinski definition) is 2. The van der Waals surface area contributed by atoms with E-state index >= 15 is 0 Å². The van der Waals surface area contributed by atoms with Crippen LogP contribution in [0.2, 0.25) is 0 Å². The van der Waals surface area contributed by atoms with E-state index in [1.165, 1.54) is 5.56 Å². The molecule has 1 atom stereocenters. The summed E-state index contributed by atoms with van der Waals surface area (Å²) in [6.07, 6.45) is 0.464. The van der Waals surface area contributed by atoms with Crippen LogP contribution in [-0.2, 0) is 10.2 Å². The van der Waals surface area contributed by atoms with E-state index in [1.54, 1.807) is 4.90 Å². The van der Waals surface area contributed by atoms with Gasteiger partial charge in [-0.3, -0.25) is 4.79 Å². The Hall–Kier alpha value is -1.51. The van der Waals surface area contributed by atoms with Crippen molar-refractivity contribution in [3.8, 4) is 5.75 Å². The molecule has 1 amide bonds. The van der Waals surface area contributed by atoms with Gasteiger partial charge >= 0.3 is 0 Å². The third-order valence-corrected chi connectivity index (χ3v) is 3.38. The van der Waals surface area contributed by atoms with Gasteiger partial charge in [0.15, 0.2) is 6.10 Å². The van der Waals surface area contributed by atoms with Crippen LogP contribution in [0.4, 0.5) is 0 Å². The number of benzene rings is 1. The molecule has 1 aliphatic rings. The third-order valence-electron chi connectivity index (χ3n) is 3.38. The Morgan fingerprint density at radius 1 is 1.22 bits per heavy atom. The fourth-order valence-corrected chi connectivity index (χ4v) is 2.10. The van der Waals surface area contributed by atoms with E-state index in [0.29, 0.717) is 0 Å². The van der Waals surface area contributed by atoms with Gasteiger partial charge in [-0.05, 0) is 23.1 Å². The highest BCUT2D eigenvalue weighted by atomic mass is 16.5. The Kier molecular flexibility index (Phi) is 3.33. The van der Waals surface area contributed by atoms with Gasteiger partial charge in [-0.25, -0.2) is 0 Å². The standard InChI is InChI=1S/C15H21NO2/c1-15(2,3)11-5-7-12(8-6-11)18-13-9-10-16(4)14(13)17/h5-8,13H,9-10H2,1-4H3. The van der Waals surface area contributed by atoms with Crippen LogP contribution in [0.1, 0.15) is 32.8 Å². The van der Waals surface area contributed by atoms with Crippen molar-refractivity contribution >= 4 is 5.91 Å². The highest BCUT2D eigenvalue weighted by Gasteiger charge is 2.30. The van der Waals surface area contributed by atoms with E-state index in [1.807, 2.05) is 19.2 Å². The lowest BCUT2D eigenvalue weighted by Gasteiger charge is -2.19. The van der Waals surface area contributed by atoms with Gasteiger partial charge in [0, 0.05) is 20.0 Å². The first kappa shape index (κ1) is 12.9. The van der Waals surface area contributed by atoms with Crippen molar-refractivity contribution in [1.29, 1.82) is 0 Å². The molecule has 18 heavy (non-hydrogen) atoms. The molecule has 1 fully saturated rings. The van der Waals surface area contributed by atoms with Gasteiger partial charge in [0.05, 0.1) is 0 Å². The summed E-state index contributed by atoms with van der Waals surface area (Å²) in [4.78, 5) is 13.5. The zero-order valence-electron chi connectivity index (χ0n) is 11.6. The zero-order valence-corrected chi connectivity index (χ0v) is 11.6. The summed E-state index contributed by atoms with van der Waals surface area (Å²) >= 11 is 0. The van der Waals surface area contributed by atoms with Gasteiger partial charge in [0.1, 0.15) is 5.75 Å². The monoisotopic (exact) mass is 247 g/mol. The molecule has 0 radical (unpaired) electrons. The molecule has 0 saturated carbocycles. The summed E-state index contributed by atoms with van der Waals surface area (Å²) < 4.78 is 5.73. The molecule has 1 aromatic rings. The molecule has 0 bridgehead atoms. The molecule has 1 aromatic carbocycles. The molecule has 3 heteroatoms. The SMILES string of the molecule is CN1CCC(Oc2ccc(C(C)(C)C)cc2)C1=O. The topological polar surface area (TPSA) is 29.5 Å². The predicted molar refractivity (Wildman–Crippen MR) is 71.8 cm³/mol. The number of hydrogen-bond donors (Lipinski definition) is 0. The minimum atomic E-state index is -0.310. The maximum atomic E-state index is 11.7. The molecule has 2 rings (SSSR count). The molecule has 98 valence electrons. The quantitative estimate of drug-likeness (QED) is 0.804. The van der Waals surface area contributed by atoms with E-state index in [4.69, 9.17) is 4.74 Å². The van der Waals surface area contributed by atoms with Gasteiger partial charge in [-0.2, -0.15) is 0 Å². The average Bonchev–Trinajstić information content (AvgIpc) is 2.61. The van der Waals surface area contributed by atoms with E-state index in [2.05, 4.69) is 32.9 Å². The molecule has 0 aliphatic carbocycles. The summed E-state index contributed by atoms with van der Waals surface area (Å²) in [5.41, 5.74) is 1.41. The predicted octanol–water partition coefficient (Wildman–Crippen LogP) is 2.59. The number of nitrogens with zero attached hydrogens (tertiary/aromatic N) is 1. The Bertz CT molecular complexity index is 431. The van der Waals surface area contributed by atoms with Crippen molar-refractivity contribution in [3.63, 3.8) is 0 Å². The summed E-state index contributed by atoms with van der Waals surface area (Å²) in [5, 5.41) is 0. The highest BCUT2D eigenvalue weighted by molar-refractivity contribution is 5.83. The van der Waals surface area contributed by atoms with Gasteiger partial charge in [-0.1, -0.05) is 32.9 Å². The number of rotatable bonds is 2. The lowest BCUT2D eigenvalue weighted by Crippen LogP contribution is -2.29. The summed E-state index contributed by atoms with van der Waals surface area (Å²) in [7, 11) is 1.81. The minimum absolute atomic E-state index is 0.0786. The Morgan fingerprint density at radius 2 is 1.83 bits per heavy atom. The number of carbonyl (C=O) groups is 1. The van der Waals surface area contributed by atoms with Crippen molar-refractivity contribution in [2.75, 3.05) is 13.6 Å². The van der Waals surface area contributed by atoms with Gasteiger partial charge in [0.2, 0.25) is 0 Å². The summed E-state index contributed by atoms with van der Waals surface area (Å²) in [6.45, 7) is 7.32. The van der Waals surface area contributed by atoms with Crippen LogP contribution in [0, 0.1) is 0 Å². The van der Waals surface area contributed by atoms with Crippen molar-refractivity contribution in [2.24, 2.45) is 0 Å². The maximum Gasteiger partial charge on any atom is 0.263 e. The van der Waals surface area contributed by atoms with E-state index in [0.717, 1.165) is 18.7 Å². The summed E-state index contributed by atoms with van der Waals surface area (Å²) in [5.74, 6) is 0.853. The second kappa shape index (κ2) is 4.63. The second-order valence-corrected chi connectivity index (χ2v) is 5.93. The fraction of sp³-hybridized carbons (Fsp3) is 0.533. The van der Waals surface area contributed by atoms with Gasteiger partial charge in [-0.15, -0.1) is 0 Å². The van der Waals surface area contributed by atoms with Crippen LogP contribution in [0.5, 0.6) is 5.75 Å². The molecule has 1 heterocycles. The fourth-order valence-electron chi connectivity index (χ4n) is 2.10. The van der Waals surface area contributed by atoms with Crippen LogP contribution in [0.15, 0.2) is 24.3 Å². The van der Waals surface area contributed by atoms with Crippen molar-refractivity contribution in [3.05, 3.63) is 29.8 Å². The second-order valence-electron chi connectivity index (χ2n) is 5.93. The molecule has 0 spiro atoms. The number of likely N-dealkylation sites (tertiary alicyclic amines) is 1. The van der Waals surface area contributed by atoms with E-state index in [-0.39, 0.29) is 17.4 Å². The Morgan fingerprint density at radius 3 is 2.28 bits per heavy atom. The molecule has 3 nitrogen and oxygen atoms in total. The number of carbonyl (C=O) groups excluding carboxylic acids is 1. The number of amides is 1. The van der Waals surface area contributed by atoms with E-state index < -0.39 is 0 Å². The van der Waals surface area contributed by atoms with Crippen LogP contribution in [0.25, 0.3) is 0 Å². The van der Waals surface area contributed by atoms with Crippen LogP contribution < -0.4 is 4.74 Å². The van der Waals surface area contributed by atoms with Crippen LogP contribution in [0.3, 0.4) is 0 Å². The first-order valence-corrected chi connectivity index (χ1v) is 6.40. The smallest absolute Gasteiger partial charge is 0.263 e. The zero-order chi connectivity index (χ0) is 13.3. The first-order chi connectivity index (χ1) is 8.38. The number of likely N-dealkylation sites (N-methyl/N-ethyl adjacent to an activating group) is 1. The lowest BCUT2D eigenvalue weighted by atomic mass is 9.87.